The number of amides is 1. The largest absolute Gasteiger partial charge is 0.480 e. The fourth-order valence-electron chi connectivity index (χ4n) is 2.75. The molecule has 0 spiro atoms. The molecule has 1 heterocycles. The van der Waals surface area contributed by atoms with Crippen molar-refractivity contribution in [2.24, 2.45) is 0 Å². The molecule has 1 aromatic rings. The van der Waals surface area contributed by atoms with Crippen LogP contribution in [0.1, 0.15) is 32.3 Å². The standard InChI is InChI=1S/C17H23NO5/c1-12(2)18(15(16(19)20)14-9-6-10-22-14)17(21)23-11-13-7-4-3-5-8-13/h3-5,7-8,12,14-15H,6,9-11H2,1-2H3,(H,19,20). The van der Waals surface area contributed by atoms with Crippen molar-refractivity contribution in [1.82, 2.24) is 4.90 Å². The lowest BCUT2D eigenvalue weighted by Gasteiger charge is -2.34. The van der Waals surface area contributed by atoms with Gasteiger partial charge in [-0.3, -0.25) is 4.90 Å². The van der Waals surface area contributed by atoms with Crippen molar-refractivity contribution >= 4 is 12.1 Å². The first-order valence-corrected chi connectivity index (χ1v) is 7.84. The van der Waals surface area contributed by atoms with Crippen LogP contribution in [0.2, 0.25) is 0 Å². The molecule has 1 fully saturated rings. The first-order chi connectivity index (χ1) is 11.0. The fraction of sp³-hybridized carbons (Fsp3) is 0.529. The Hall–Kier alpha value is -2.08. The monoisotopic (exact) mass is 321 g/mol. The van der Waals surface area contributed by atoms with Crippen molar-refractivity contribution < 1.29 is 24.2 Å². The van der Waals surface area contributed by atoms with E-state index in [0.29, 0.717) is 13.0 Å². The van der Waals surface area contributed by atoms with Crippen LogP contribution < -0.4 is 0 Å². The second kappa shape index (κ2) is 7.97. The Balaban J connectivity index is 2.08. The van der Waals surface area contributed by atoms with Gasteiger partial charge in [-0.25, -0.2) is 9.59 Å². The van der Waals surface area contributed by atoms with Gasteiger partial charge in [0.1, 0.15) is 6.61 Å². The van der Waals surface area contributed by atoms with Crippen molar-refractivity contribution in [2.75, 3.05) is 6.61 Å². The van der Waals surface area contributed by atoms with Crippen LogP contribution in [0.3, 0.4) is 0 Å². The van der Waals surface area contributed by atoms with Crippen LogP contribution in [-0.4, -0.2) is 46.9 Å². The highest BCUT2D eigenvalue weighted by Crippen LogP contribution is 2.23. The normalized spacial score (nSPS) is 18.7. The predicted octanol–water partition coefficient (Wildman–Crippen LogP) is 2.67. The minimum Gasteiger partial charge on any atom is -0.480 e. The molecule has 1 amide bonds. The molecule has 2 rings (SSSR count). The van der Waals surface area contributed by atoms with E-state index >= 15 is 0 Å². The molecule has 0 aromatic heterocycles. The number of rotatable bonds is 6. The van der Waals surface area contributed by atoms with E-state index in [1.807, 2.05) is 30.3 Å². The highest BCUT2D eigenvalue weighted by Gasteiger charge is 2.41. The van der Waals surface area contributed by atoms with Crippen LogP contribution in [0.25, 0.3) is 0 Å². The molecular formula is C17H23NO5. The van der Waals surface area contributed by atoms with E-state index in [9.17, 15) is 14.7 Å². The van der Waals surface area contributed by atoms with Crippen LogP contribution >= 0.6 is 0 Å². The predicted molar refractivity (Wildman–Crippen MR) is 84.0 cm³/mol. The average Bonchev–Trinajstić information content (AvgIpc) is 3.04. The van der Waals surface area contributed by atoms with Crippen molar-refractivity contribution in [3.8, 4) is 0 Å². The Labute approximate surface area is 136 Å². The molecular weight excluding hydrogens is 298 g/mol. The van der Waals surface area contributed by atoms with Gasteiger partial charge in [0.25, 0.3) is 0 Å². The van der Waals surface area contributed by atoms with Crippen molar-refractivity contribution in [2.45, 2.75) is 51.5 Å². The van der Waals surface area contributed by atoms with Gasteiger partial charge < -0.3 is 14.6 Å². The maximum Gasteiger partial charge on any atom is 0.411 e. The zero-order valence-electron chi connectivity index (χ0n) is 13.5. The summed E-state index contributed by atoms with van der Waals surface area (Å²) in [5, 5.41) is 9.56. The van der Waals surface area contributed by atoms with Crippen molar-refractivity contribution in [1.29, 1.82) is 0 Å². The van der Waals surface area contributed by atoms with E-state index in [1.54, 1.807) is 13.8 Å². The average molecular weight is 321 g/mol. The minimum absolute atomic E-state index is 0.112. The summed E-state index contributed by atoms with van der Waals surface area (Å²) in [4.78, 5) is 25.4. The fourth-order valence-corrected chi connectivity index (χ4v) is 2.75. The topological polar surface area (TPSA) is 76.1 Å². The van der Waals surface area contributed by atoms with Gasteiger partial charge in [-0.15, -0.1) is 0 Å². The van der Waals surface area contributed by atoms with Crippen LogP contribution in [0.15, 0.2) is 30.3 Å². The van der Waals surface area contributed by atoms with E-state index in [0.717, 1.165) is 12.0 Å². The summed E-state index contributed by atoms with van der Waals surface area (Å²) in [6.07, 6.45) is 0.317. The number of aliphatic carboxylic acids is 1. The number of nitrogens with zero attached hydrogens (tertiary/aromatic N) is 1. The van der Waals surface area contributed by atoms with Gasteiger partial charge in [-0.05, 0) is 32.3 Å². The number of carboxylic acid groups (broad SMARTS) is 1. The Morgan fingerprint density at radius 3 is 2.57 bits per heavy atom. The molecule has 1 aliphatic heterocycles. The molecule has 6 heteroatoms. The lowest BCUT2D eigenvalue weighted by Crippen LogP contribution is -2.54. The summed E-state index contributed by atoms with van der Waals surface area (Å²) >= 11 is 0. The van der Waals surface area contributed by atoms with Gasteiger partial charge in [-0.1, -0.05) is 30.3 Å². The van der Waals surface area contributed by atoms with E-state index in [-0.39, 0.29) is 12.6 Å². The molecule has 6 nitrogen and oxygen atoms in total. The number of hydrogen-bond acceptors (Lipinski definition) is 4. The first kappa shape index (κ1) is 17.3. The molecule has 1 saturated heterocycles. The summed E-state index contributed by atoms with van der Waals surface area (Å²) in [5.41, 5.74) is 0.855. The summed E-state index contributed by atoms with van der Waals surface area (Å²) < 4.78 is 10.8. The molecule has 1 aromatic carbocycles. The lowest BCUT2D eigenvalue weighted by atomic mass is 10.1. The second-order valence-corrected chi connectivity index (χ2v) is 5.88. The summed E-state index contributed by atoms with van der Waals surface area (Å²) in [6.45, 7) is 4.18. The van der Waals surface area contributed by atoms with E-state index in [2.05, 4.69) is 0 Å². The smallest absolute Gasteiger partial charge is 0.411 e. The Bertz CT molecular complexity index is 525. The summed E-state index contributed by atoms with van der Waals surface area (Å²) in [6, 6.07) is 7.96. The van der Waals surface area contributed by atoms with Crippen molar-refractivity contribution in [3.05, 3.63) is 35.9 Å². The van der Waals surface area contributed by atoms with Crippen molar-refractivity contribution in [3.63, 3.8) is 0 Å². The second-order valence-electron chi connectivity index (χ2n) is 5.88. The highest BCUT2D eigenvalue weighted by molar-refractivity contribution is 5.81. The van der Waals surface area contributed by atoms with Gasteiger partial charge in [0.15, 0.2) is 6.04 Å². The Morgan fingerprint density at radius 1 is 1.35 bits per heavy atom. The number of carboxylic acids is 1. The summed E-state index contributed by atoms with van der Waals surface area (Å²) in [7, 11) is 0. The molecule has 0 radical (unpaired) electrons. The highest BCUT2D eigenvalue weighted by atomic mass is 16.6. The zero-order valence-corrected chi connectivity index (χ0v) is 13.5. The molecule has 0 aliphatic carbocycles. The molecule has 1 N–H and O–H groups in total. The number of benzene rings is 1. The Kier molecular flexibility index (Phi) is 5.98. The molecule has 2 atom stereocenters. The maximum absolute atomic E-state index is 12.4. The van der Waals surface area contributed by atoms with Crippen LogP contribution in [0, 0.1) is 0 Å². The van der Waals surface area contributed by atoms with E-state index in [4.69, 9.17) is 9.47 Å². The SMILES string of the molecule is CC(C)N(C(=O)OCc1ccccc1)C(C(=O)O)C1CCCO1. The maximum atomic E-state index is 12.4. The molecule has 23 heavy (non-hydrogen) atoms. The molecule has 2 unspecified atom stereocenters. The lowest BCUT2D eigenvalue weighted by molar-refractivity contribution is -0.148. The first-order valence-electron chi connectivity index (χ1n) is 7.84. The number of hydrogen-bond donors (Lipinski definition) is 1. The molecule has 126 valence electrons. The van der Waals surface area contributed by atoms with E-state index < -0.39 is 24.2 Å². The minimum atomic E-state index is -1.07. The number of ether oxygens (including phenoxy) is 2. The third-order valence-corrected chi connectivity index (χ3v) is 3.84. The zero-order chi connectivity index (χ0) is 16.8. The number of carbonyl (C=O) groups excluding carboxylic acids is 1. The van der Waals surface area contributed by atoms with Crippen LogP contribution in [-0.2, 0) is 20.9 Å². The quantitative estimate of drug-likeness (QED) is 0.872. The molecule has 1 aliphatic rings. The van der Waals surface area contributed by atoms with Crippen LogP contribution in [0.5, 0.6) is 0 Å². The van der Waals surface area contributed by atoms with Gasteiger partial charge in [-0.2, -0.15) is 0 Å². The molecule has 0 bridgehead atoms. The third kappa shape index (κ3) is 4.45. The summed E-state index contributed by atoms with van der Waals surface area (Å²) in [5.74, 6) is -1.07. The van der Waals surface area contributed by atoms with E-state index in [1.165, 1.54) is 4.90 Å². The van der Waals surface area contributed by atoms with Crippen LogP contribution in [0.4, 0.5) is 4.79 Å². The number of carbonyl (C=O) groups is 2. The molecule has 0 saturated carbocycles. The third-order valence-electron chi connectivity index (χ3n) is 3.84. The Morgan fingerprint density at radius 2 is 2.04 bits per heavy atom. The van der Waals surface area contributed by atoms with Gasteiger partial charge >= 0.3 is 12.1 Å². The van der Waals surface area contributed by atoms with Gasteiger partial charge in [0.2, 0.25) is 0 Å². The van der Waals surface area contributed by atoms with Gasteiger partial charge in [0.05, 0.1) is 6.10 Å². The van der Waals surface area contributed by atoms with Gasteiger partial charge in [0, 0.05) is 12.6 Å².